The lowest BCUT2D eigenvalue weighted by molar-refractivity contribution is -0.116. The lowest BCUT2D eigenvalue weighted by Crippen LogP contribution is -2.25. The first kappa shape index (κ1) is 18.1. The van der Waals surface area contributed by atoms with Crippen LogP contribution in [0.5, 0.6) is 5.75 Å². The SMILES string of the molecule is COc1ccc2nc(-n3nc(C)c4c3NC(=O)C[C@@H]4c3ccccc3Cl)sc2c1. The number of hydrogen-bond donors (Lipinski definition) is 1. The Labute approximate surface area is 176 Å². The van der Waals surface area contributed by atoms with Gasteiger partial charge >= 0.3 is 0 Å². The molecule has 0 fully saturated rings. The van der Waals surface area contributed by atoms with E-state index in [2.05, 4.69) is 5.32 Å². The highest BCUT2D eigenvalue weighted by molar-refractivity contribution is 7.20. The maximum atomic E-state index is 12.5. The minimum Gasteiger partial charge on any atom is -0.497 e. The molecule has 1 atom stereocenters. The van der Waals surface area contributed by atoms with E-state index in [4.69, 9.17) is 26.4 Å². The fraction of sp³-hybridized carbons (Fsp3) is 0.190. The number of ether oxygens (including phenoxy) is 1. The Morgan fingerprint density at radius 3 is 2.90 bits per heavy atom. The fourth-order valence-corrected chi connectivity index (χ4v) is 5.04. The Morgan fingerprint density at radius 1 is 1.28 bits per heavy atom. The van der Waals surface area contributed by atoms with Gasteiger partial charge in [-0.15, -0.1) is 0 Å². The number of thiazole rings is 1. The van der Waals surface area contributed by atoms with Gasteiger partial charge in [0.25, 0.3) is 0 Å². The van der Waals surface area contributed by atoms with Crippen molar-refractivity contribution in [1.29, 1.82) is 0 Å². The molecule has 6 nitrogen and oxygen atoms in total. The Balaban J connectivity index is 1.67. The van der Waals surface area contributed by atoms with E-state index in [0.717, 1.165) is 32.8 Å². The highest BCUT2D eigenvalue weighted by Gasteiger charge is 2.34. The predicted octanol–water partition coefficient (Wildman–Crippen LogP) is 4.93. The van der Waals surface area contributed by atoms with Crippen LogP contribution in [0.3, 0.4) is 0 Å². The summed E-state index contributed by atoms with van der Waals surface area (Å²) in [6, 6.07) is 13.4. The molecule has 1 aliphatic heterocycles. The quantitative estimate of drug-likeness (QED) is 0.506. The van der Waals surface area contributed by atoms with Gasteiger partial charge in [0.05, 0.1) is 23.0 Å². The number of aryl methyl sites for hydroxylation is 1. The van der Waals surface area contributed by atoms with Crippen molar-refractivity contribution in [2.75, 3.05) is 12.4 Å². The molecule has 1 N–H and O–H groups in total. The summed E-state index contributed by atoms with van der Waals surface area (Å²) in [5.74, 6) is 1.23. The van der Waals surface area contributed by atoms with Crippen molar-refractivity contribution in [3.63, 3.8) is 0 Å². The molecule has 0 saturated carbocycles. The minimum atomic E-state index is -0.143. The number of amides is 1. The number of methoxy groups -OCH3 is 1. The average molecular weight is 425 g/mol. The summed E-state index contributed by atoms with van der Waals surface area (Å²) in [7, 11) is 1.64. The van der Waals surface area contributed by atoms with E-state index in [1.54, 1.807) is 11.8 Å². The topological polar surface area (TPSA) is 69.0 Å². The molecule has 2 aromatic carbocycles. The molecule has 8 heteroatoms. The van der Waals surface area contributed by atoms with Crippen molar-refractivity contribution >= 4 is 44.9 Å². The van der Waals surface area contributed by atoms with Gasteiger partial charge in [-0.25, -0.2) is 4.98 Å². The molecule has 1 aliphatic rings. The number of nitrogens with zero attached hydrogens (tertiary/aromatic N) is 3. The first-order valence-electron chi connectivity index (χ1n) is 9.14. The molecule has 0 radical (unpaired) electrons. The van der Waals surface area contributed by atoms with Crippen LogP contribution in [0.1, 0.15) is 29.2 Å². The normalized spacial score (nSPS) is 16.0. The highest BCUT2D eigenvalue weighted by Crippen LogP contribution is 2.43. The van der Waals surface area contributed by atoms with Crippen LogP contribution in [0.4, 0.5) is 5.82 Å². The second kappa shape index (κ2) is 6.86. The van der Waals surface area contributed by atoms with E-state index in [-0.39, 0.29) is 11.8 Å². The van der Waals surface area contributed by atoms with Crippen LogP contribution in [0.2, 0.25) is 5.02 Å². The minimum absolute atomic E-state index is 0.0636. The third-order valence-electron chi connectivity index (χ3n) is 5.15. The Bertz CT molecular complexity index is 1260. The Morgan fingerprint density at radius 2 is 2.10 bits per heavy atom. The monoisotopic (exact) mass is 424 g/mol. The Kier molecular flexibility index (Phi) is 4.29. The number of carbonyl (C=O) groups is 1. The molecule has 146 valence electrons. The van der Waals surface area contributed by atoms with Gasteiger partial charge in [0.2, 0.25) is 11.0 Å². The zero-order valence-corrected chi connectivity index (χ0v) is 17.3. The second-order valence-electron chi connectivity index (χ2n) is 6.92. The summed E-state index contributed by atoms with van der Waals surface area (Å²) in [5, 5.41) is 9.05. The lowest BCUT2D eigenvalue weighted by atomic mass is 9.86. The molecule has 0 unspecified atom stereocenters. The molecule has 2 aromatic heterocycles. The predicted molar refractivity (Wildman–Crippen MR) is 115 cm³/mol. The van der Waals surface area contributed by atoms with Crippen LogP contribution < -0.4 is 10.1 Å². The Hall–Kier alpha value is -2.90. The molecule has 29 heavy (non-hydrogen) atoms. The van der Waals surface area contributed by atoms with Crippen molar-refractivity contribution in [2.45, 2.75) is 19.3 Å². The number of carbonyl (C=O) groups excluding carboxylic acids is 1. The lowest BCUT2D eigenvalue weighted by Gasteiger charge is -2.24. The maximum absolute atomic E-state index is 12.5. The van der Waals surface area contributed by atoms with Crippen LogP contribution >= 0.6 is 22.9 Å². The van der Waals surface area contributed by atoms with Gasteiger partial charge in [0, 0.05) is 22.9 Å². The molecule has 3 heterocycles. The molecule has 4 aromatic rings. The van der Waals surface area contributed by atoms with Crippen LogP contribution in [0.15, 0.2) is 42.5 Å². The van der Waals surface area contributed by atoms with E-state index >= 15 is 0 Å². The average Bonchev–Trinajstić information content (AvgIpc) is 3.28. The van der Waals surface area contributed by atoms with Gasteiger partial charge in [-0.3, -0.25) is 4.79 Å². The molecular weight excluding hydrogens is 408 g/mol. The molecule has 0 spiro atoms. The number of fused-ring (bicyclic) bond motifs is 2. The molecule has 0 saturated heterocycles. The number of halogens is 1. The van der Waals surface area contributed by atoms with Gasteiger partial charge in [0.15, 0.2) is 0 Å². The highest BCUT2D eigenvalue weighted by atomic mass is 35.5. The van der Waals surface area contributed by atoms with E-state index in [1.165, 1.54) is 11.3 Å². The van der Waals surface area contributed by atoms with E-state index in [0.29, 0.717) is 22.4 Å². The summed E-state index contributed by atoms with van der Waals surface area (Å²) < 4.78 is 8.02. The number of aromatic nitrogens is 3. The number of hydrogen-bond acceptors (Lipinski definition) is 5. The number of nitrogens with one attached hydrogen (secondary N) is 1. The van der Waals surface area contributed by atoms with Gasteiger partial charge in [-0.05, 0) is 36.8 Å². The molecule has 5 rings (SSSR count). The van der Waals surface area contributed by atoms with Gasteiger partial charge in [-0.2, -0.15) is 9.78 Å². The van der Waals surface area contributed by atoms with Gasteiger partial charge in [0.1, 0.15) is 11.6 Å². The molecule has 0 bridgehead atoms. The zero-order valence-electron chi connectivity index (χ0n) is 15.8. The fourth-order valence-electron chi connectivity index (χ4n) is 3.82. The summed E-state index contributed by atoms with van der Waals surface area (Å²) >= 11 is 7.95. The van der Waals surface area contributed by atoms with Crippen molar-refractivity contribution in [3.8, 4) is 10.9 Å². The van der Waals surface area contributed by atoms with E-state index in [9.17, 15) is 4.79 Å². The number of rotatable bonds is 3. The second-order valence-corrected chi connectivity index (χ2v) is 8.33. The van der Waals surface area contributed by atoms with Crippen molar-refractivity contribution in [3.05, 3.63) is 64.3 Å². The smallest absolute Gasteiger partial charge is 0.226 e. The third-order valence-corrected chi connectivity index (χ3v) is 6.49. The standard InChI is InChI=1S/C21H17ClN4O2S/c1-11-19-14(13-5-3-4-6-15(13)22)10-18(27)24-20(19)26(25-11)21-23-16-8-7-12(28-2)9-17(16)29-21/h3-9,14H,10H2,1-2H3,(H,24,27)/t14-/m1/s1. The maximum Gasteiger partial charge on any atom is 0.226 e. The van der Waals surface area contributed by atoms with Crippen LogP contribution in [0.25, 0.3) is 15.3 Å². The summed E-state index contributed by atoms with van der Waals surface area (Å²) in [5.41, 5.74) is 3.62. The molecular formula is C21H17ClN4O2S. The number of anilines is 1. The first-order valence-corrected chi connectivity index (χ1v) is 10.3. The molecule has 0 aliphatic carbocycles. The van der Waals surface area contributed by atoms with Crippen molar-refractivity contribution in [1.82, 2.24) is 14.8 Å². The molecule has 1 amide bonds. The van der Waals surface area contributed by atoms with Gasteiger partial charge in [-0.1, -0.05) is 41.1 Å². The third kappa shape index (κ3) is 2.97. The zero-order chi connectivity index (χ0) is 20.1. The largest absolute Gasteiger partial charge is 0.497 e. The van der Waals surface area contributed by atoms with Gasteiger partial charge < -0.3 is 10.1 Å². The van der Waals surface area contributed by atoms with Crippen LogP contribution in [-0.4, -0.2) is 27.8 Å². The van der Waals surface area contributed by atoms with E-state index < -0.39 is 0 Å². The first-order chi connectivity index (χ1) is 14.0. The van der Waals surface area contributed by atoms with Crippen molar-refractivity contribution in [2.24, 2.45) is 0 Å². The van der Waals surface area contributed by atoms with E-state index in [1.807, 2.05) is 49.4 Å². The summed E-state index contributed by atoms with van der Waals surface area (Å²) in [4.78, 5) is 17.2. The number of benzene rings is 2. The summed E-state index contributed by atoms with van der Waals surface area (Å²) in [6.07, 6.45) is 0.334. The van der Waals surface area contributed by atoms with Crippen LogP contribution in [-0.2, 0) is 4.79 Å². The van der Waals surface area contributed by atoms with Crippen LogP contribution in [0, 0.1) is 6.92 Å². The van der Waals surface area contributed by atoms with Crippen molar-refractivity contribution < 1.29 is 9.53 Å². The summed E-state index contributed by atoms with van der Waals surface area (Å²) in [6.45, 7) is 1.95.